The lowest BCUT2D eigenvalue weighted by atomic mass is 10.0. The molecule has 0 fully saturated rings. The molecule has 1 heterocycles. The van der Waals surface area contributed by atoms with Crippen LogP contribution in [0.5, 0.6) is 0 Å². The fourth-order valence-corrected chi connectivity index (χ4v) is 3.59. The molecule has 0 unspecified atom stereocenters. The maximum absolute atomic E-state index is 4.57. The molecule has 1 nitrogen and oxygen atoms in total. The molecule has 3 aromatic rings. The molecule has 3 rings (SSSR count). The summed E-state index contributed by atoms with van der Waals surface area (Å²) in [4.78, 5) is 5.81. The minimum Gasteiger partial charge on any atom is -0.229 e. The third-order valence-electron chi connectivity index (χ3n) is 2.82. The van der Waals surface area contributed by atoms with Crippen LogP contribution in [0.2, 0.25) is 0 Å². The van der Waals surface area contributed by atoms with Crippen LogP contribution < -0.4 is 0 Å². The lowest BCUT2D eigenvalue weighted by molar-refractivity contribution is 1.35. The zero-order valence-electron chi connectivity index (χ0n) is 9.27. The molecule has 17 heavy (non-hydrogen) atoms. The van der Waals surface area contributed by atoms with E-state index in [1.165, 1.54) is 21.2 Å². The maximum atomic E-state index is 4.57. The van der Waals surface area contributed by atoms with Gasteiger partial charge in [-0.05, 0) is 33.6 Å². The minimum atomic E-state index is 0.943. The van der Waals surface area contributed by atoms with E-state index in [1.54, 1.807) is 11.3 Å². The highest BCUT2D eigenvalue weighted by Crippen LogP contribution is 2.34. The smallest absolute Gasteiger partial charge is 0.160 e. The van der Waals surface area contributed by atoms with E-state index in [0.717, 1.165) is 9.61 Å². The van der Waals surface area contributed by atoms with Gasteiger partial charge < -0.3 is 0 Å². The number of benzene rings is 2. The maximum Gasteiger partial charge on any atom is 0.160 e. The molecule has 0 spiro atoms. The van der Waals surface area contributed by atoms with E-state index in [2.05, 4.69) is 70.3 Å². The molecule has 0 aliphatic carbocycles. The molecule has 0 amide bonds. The third-order valence-corrected chi connectivity index (χ3v) is 4.24. The minimum absolute atomic E-state index is 0.943. The Hall–Kier alpha value is -1.19. The number of halogens is 1. The summed E-state index contributed by atoms with van der Waals surface area (Å²) in [5.74, 6) is 0. The van der Waals surface area contributed by atoms with Gasteiger partial charge in [-0.1, -0.05) is 42.5 Å². The highest BCUT2D eigenvalue weighted by Gasteiger charge is 2.10. The Morgan fingerprint density at radius 2 is 1.82 bits per heavy atom. The number of fused-ring (bicyclic) bond motifs is 1. The van der Waals surface area contributed by atoms with Crippen LogP contribution in [0.4, 0.5) is 0 Å². The predicted octanol–water partition coefficient (Wildman–Crippen LogP) is 5.03. The van der Waals surface area contributed by atoms with Crippen molar-refractivity contribution in [2.45, 2.75) is 6.92 Å². The molecule has 84 valence electrons. The molecular weight excluding hydrogens is 294 g/mol. The van der Waals surface area contributed by atoms with Crippen molar-refractivity contribution in [3.63, 3.8) is 0 Å². The van der Waals surface area contributed by atoms with Crippen LogP contribution in [0.3, 0.4) is 0 Å². The number of rotatable bonds is 1. The van der Waals surface area contributed by atoms with Gasteiger partial charge >= 0.3 is 0 Å². The van der Waals surface area contributed by atoms with Crippen molar-refractivity contribution in [3.05, 3.63) is 51.3 Å². The lowest BCUT2D eigenvalue weighted by Crippen LogP contribution is -1.83. The van der Waals surface area contributed by atoms with Crippen LogP contribution in [0.15, 0.2) is 46.4 Å². The molecule has 0 aliphatic heterocycles. The Morgan fingerprint density at radius 3 is 2.59 bits per heavy atom. The van der Waals surface area contributed by atoms with Gasteiger partial charge in [-0.25, -0.2) is 4.98 Å². The summed E-state index contributed by atoms with van der Waals surface area (Å²) in [7, 11) is 0. The summed E-state index contributed by atoms with van der Waals surface area (Å²) in [6.45, 7) is 2.11. The number of aryl methyl sites for hydroxylation is 1. The Bertz CT molecular complexity index is 682. The molecule has 0 aliphatic rings. The number of hydrogen-bond acceptors (Lipinski definition) is 2. The first kappa shape index (κ1) is 10.9. The van der Waals surface area contributed by atoms with Crippen molar-refractivity contribution in [2.75, 3.05) is 0 Å². The average molecular weight is 304 g/mol. The van der Waals surface area contributed by atoms with Gasteiger partial charge in [-0.15, -0.1) is 11.3 Å². The van der Waals surface area contributed by atoms with Gasteiger partial charge in [0.2, 0.25) is 0 Å². The largest absolute Gasteiger partial charge is 0.229 e. The van der Waals surface area contributed by atoms with Crippen molar-refractivity contribution < 1.29 is 0 Å². The van der Waals surface area contributed by atoms with Crippen LogP contribution in [0.25, 0.3) is 22.0 Å². The van der Waals surface area contributed by atoms with E-state index in [1.807, 2.05) is 0 Å². The quantitative estimate of drug-likeness (QED) is 0.614. The standard InChI is InChI=1S/C14H10BrNS/c1-9-13(16-14(15)17-9)12-8-4-6-10-5-2-3-7-11(10)12/h2-8H,1H3. The van der Waals surface area contributed by atoms with Crippen molar-refractivity contribution >= 4 is 38.0 Å². The summed E-state index contributed by atoms with van der Waals surface area (Å²) < 4.78 is 0.943. The van der Waals surface area contributed by atoms with Crippen molar-refractivity contribution in [3.8, 4) is 11.3 Å². The lowest BCUT2D eigenvalue weighted by Gasteiger charge is -2.04. The number of nitrogens with zero attached hydrogens (tertiary/aromatic N) is 1. The summed E-state index contributed by atoms with van der Waals surface area (Å²) in [6, 6.07) is 14.8. The second kappa shape index (κ2) is 4.24. The molecule has 0 bridgehead atoms. The molecule has 0 saturated carbocycles. The monoisotopic (exact) mass is 303 g/mol. The first-order valence-electron chi connectivity index (χ1n) is 5.37. The Morgan fingerprint density at radius 1 is 1.06 bits per heavy atom. The van der Waals surface area contributed by atoms with Gasteiger partial charge in [0, 0.05) is 10.4 Å². The molecular formula is C14H10BrNS. The Labute approximate surface area is 112 Å². The fraction of sp³-hybridized carbons (Fsp3) is 0.0714. The van der Waals surface area contributed by atoms with Gasteiger partial charge in [0.1, 0.15) is 0 Å². The second-order valence-electron chi connectivity index (χ2n) is 3.90. The molecule has 0 saturated heterocycles. The van der Waals surface area contributed by atoms with E-state index in [9.17, 15) is 0 Å². The van der Waals surface area contributed by atoms with E-state index >= 15 is 0 Å². The fourth-order valence-electron chi connectivity index (χ4n) is 2.05. The van der Waals surface area contributed by atoms with E-state index in [0.29, 0.717) is 0 Å². The Kier molecular flexibility index (Phi) is 2.73. The van der Waals surface area contributed by atoms with E-state index < -0.39 is 0 Å². The van der Waals surface area contributed by atoms with Gasteiger partial charge in [-0.3, -0.25) is 0 Å². The SMILES string of the molecule is Cc1sc(Br)nc1-c1cccc2ccccc12. The first-order valence-corrected chi connectivity index (χ1v) is 6.98. The van der Waals surface area contributed by atoms with Gasteiger partial charge in [0.15, 0.2) is 3.92 Å². The molecule has 2 aromatic carbocycles. The van der Waals surface area contributed by atoms with Gasteiger partial charge in [-0.2, -0.15) is 0 Å². The third kappa shape index (κ3) is 1.90. The highest BCUT2D eigenvalue weighted by atomic mass is 79.9. The molecule has 0 atom stereocenters. The molecule has 1 aromatic heterocycles. The zero-order chi connectivity index (χ0) is 11.8. The molecule has 3 heteroatoms. The van der Waals surface area contributed by atoms with Crippen LogP contribution >= 0.6 is 27.3 Å². The second-order valence-corrected chi connectivity index (χ2v) is 6.38. The number of aromatic nitrogens is 1. The number of thiazole rings is 1. The van der Waals surface area contributed by atoms with Crippen molar-refractivity contribution in [1.82, 2.24) is 4.98 Å². The topological polar surface area (TPSA) is 12.9 Å². The van der Waals surface area contributed by atoms with Gasteiger partial charge in [0.05, 0.1) is 5.69 Å². The summed E-state index contributed by atoms with van der Waals surface area (Å²) in [5, 5.41) is 2.52. The summed E-state index contributed by atoms with van der Waals surface area (Å²) >= 11 is 5.13. The van der Waals surface area contributed by atoms with Crippen LogP contribution in [0, 0.1) is 6.92 Å². The van der Waals surface area contributed by atoms with Crippen LogP contribution in [-0.2, 0) is 0 Å². The molecule has 0 radical (unpaired) electrons. The van der Waals surface area contributed by atoms with E-state index in [-0.39, 0.29) is 0 Å². The van der Waals surface area contributed by atoms with Crippen molar-refractivity contribution in [1.29, 1.82) is 0 Å². The predicted molar refractivity (Wildman–Crippen MR) is 77.5 cm³/mol. The van der Waals surface area contributed by atoms with Gasteiger partial charge in [0.25, 0.3) is 0 Å². The Balaban J connectivity index is 2.34. The zero-order valence-corrected chi connectivity index (χ0v) is 11.7. The summed E-state index contributed by atoms with van der Waals surface area (Å²) in [5.41, 5.74) is 2.29. The first-order chi connectivity index (χ1) is 8.25. The van der Waals surface area contributed by atoms with E-state index in [4.69, 9.17) is 0 Å². The summed E-state index contributed by atoms with van der Waals surface area (Å²) in [6.07, 6.45) is 0. The average Bonchev–Trinajstić information content (AvgIpc) is 2.68. The van der Waals surface area contributed by atoms with Crippen LogP contribution in [-0.4, -0.2) is 4.98 Å². The molecule has 0 N–H and O–H groups in total. The highest BCUT2D eigenvalue weighted by molar-refractivity contribution is 9.11. The number of hydrogen-bond donors (Lipinski definition) is 0. The van der Waals surface area contributed by atoms with Crippen molar-refractivity contribution in [2.24, 2.45) is 0 Å². The van der Waals surface area contributed by atoms with Crippen LogP contribution in [0.1, 0.15) is 4.88 Å². The normalized spacial score (nSPS) is 10.9.